The van der Waals surface area contributed by atoms with Crippen molar-refractivity contribution in [3.8, 4) is 0 Å². The van der Waals surface area contributed by atoms with E-state index >= 15 is 0 Å². The molecule has 1 saturated heterocycles. The van der Waals surface area contributed by atoms with Crippen LogP contribution in [0.5, 0.6) is 0 Å². The molecule has 0 radical (unpaired) electrons. The lowest BCUT2D eigenvalue weighted by molar-refractivity contribution is -0.170. The first kappa shape index (κ1) is 14.3. The molecule has 0 saturated carbocycles. The molecule has 0 amide bonds. The van der Waals surface area contributed by atoms with Crippen LogP contribution in [0.25, 0.3) is 0 Å². The number of esters is 1. The van der Waals surface area contributed by atoms with Gasteiger partial charge in [-0.3, -0.25) is 4.79 Å². The quantitative estimate of drug-likeness (QED) is 0.620. The minimum Gasteiger partial charge on any atom is -0.459 e. The summed E-state index contributed by atoms with van der Waals surface area (Å²) in [6.07, 6.45) is 3.23. The highest BCUT2D eigenvalue weighted by atomic mass is 16.8. The molecule has 1 aromatic carbocycles. The highest BCUT2D eigenvalue weighted by Crippen LogP contribution is 2.40. The van der Waals surface area contributed by atoms with Crippen LogP contribution in [0.4, 0.5) is 0 Å². The second kappa shape index (κ2) is 5.28. The molecule has 1 aromatic rings. The zero-order valence-corrected chi connectivity index (χ0v) is 12.5. The Morgan fingerprint density at radius 2 is 1.86 bits per heavy atom. The van der Waals surface area contributed by atoms with Gasteiger partial charge in [-0.1, -0.05) is 42.5 Å². The standard InChI is InChI=1S/C17H20O4/c1-11(18)19-15-13(12-7-5-4-6-8-12)9-10-14-16(15)21-17(2,3)20-14/h4-10,13-16H,1-3H3/t13-,14+,15+,16+/m0/s1. The lowest BCUT2D eigenvalue weighted by atomic mass is 9.83. The average molecular weight is 288 g/mol. The van der Waals surface area contributed by atoms with Crippen LogP contribution in [-0.2, 0) is 19.0 Å². The van der Waals surface area contributed by atoms with Gasteiger partial charge in [-0.25, -0.2) is 0 Å². The van der Waals surface area contributed by atoms with Crippen molar-refractivity contribution in [2.24, 2.45) is 0 Å². The van der Waals surface area contributed by atoms with E-state index in [1.807, 2.05) is 50.3 Å². The number of rotatable bonds is 2. The minimum absolute atomic E-state index is 0.0196. The normalized spacial score (nSPS) is 33.5. The first-order valence-corrected chi connectivity index (χ1v) is 7.22. The maximum Gasteiger partial charge on any atom is 0.303 e. The van der Waals surface area contributed by atoms with Gasteiger partial charge in [0.05, 0.1) is 0 Å². The van der Waals surface area contributed by atoms with Gasteiger partial charge in [0.2, 0.25) is 0 Å². The van der Waals surface area contributed by atoms with Crippen molar-refractivity contribution < 1.29 is 19.0 Å². The summed E-state index contributed by atoms with van der Waals surface area (Å²) in [6.45, 7) is 5.18. The maximum absolute atomic E-state index is 11.5. The second-order valence-corrected chi connectivity index (χ2v) is 5.96. The Hall–Kier alpha value is -1.65. The molecule has 1 heterocycles. The fourth-order valence-electron chi connectivity index (χ4n) is 3.07. The van der Waals surface area contributed by atoms with Gasteiger partial charge in [0.25, 0.3) is 0 Å². The molecule has 1 fully saturated rings. The molecule has 0 aromatic heterocycles. The Morgan fingerprint density at radius 1 is 1.14 bits per heavy atom. The van der Waals surface area contributed by atoms with Crippen LogP contribution in [0.3, 0.4) is 0 Å². The number of carbonyl (C=O) groups is 1. The predicted octanol–water partition coefficient (Wildman–Crippen LogP) is 2.79. The molecular weight excluding hydrogens is 268 g/mol. The molecule has 4 heteroatoms. The molecule has 4 atom stereocenters. The van der Waals surface area contributed by atoms with E-state index in [1.54, 1.807) is 0 Å². The molecule has 3 rings (SSSR count). The van der Waals surface area contributed by atoms with Gasteiger partial charge in [-0.05, 0) is 19.4 Å². The number of benzene rings is 1. The van der Waals surface area contributed by atoms with Crippen molar-refractivity contribution in [1.82, 2.24) is 0 Å². The van der Waals surface area contributed by atoms with E-state index in [1.165, 1.54) is 6.92 Å². The molecule has 0 spiro atoms. The SMILES string of the molecule is CC(=O)O[C@H]1[C@@H]2OC(C)(C)O[C@@H]2C=C[C@H]1c1ccccc1. The topological polar surface area (TPSA) is 44.8 Å². The highest BCUT2D eigenvalue weighted by molar-refractivity contribution is 5.66. The third kappa shape index (κ3) is 2.87. The first-order valence-electron chi connectivity index (χ1n) is 7.22. The number of hydrogen-bond acceptors (Lipinski definition) is 4. The van der Waals surface area contributed by atoms with Gasteiger partial charge in [0.15, 0.2) is 5.79 Å². The Kier molecular flexibility index (Phi) is 3.59. The average Bonchev–Trinajstić information content (AvgIpc) is 2.74. The van der Waals surface area contributed by atoms with E-state index in [0.717, 1.165) is 5.56 Å². The molecule has 0 unspecified atom stereocenters. The number of carbonyl (C=O) groups excluding carboxylic acids is 1. The molecular formula is C17H20O4. The first-order chi connectivity index (χ1) is 9.96. The molecule has 112 valence electrons. The van der Waals surface area contributed by atoms with Crippen LogP contribution in [0.15, 0.2) is 42.5 Å². The Morgan fingerprint density at radius 3 is 2.52 bits per heavy atom. The molecule has 1 aliphatic carbocycles. The summed E-state index contributed by atoms with van der Waals surface area (Å²) in [7, 11) is 0. The molecule has 2 aliphatic rings. The zero-order chi connectivity index (χ0) is 15.0. The molecule has 4 nitrogen and oxygen atoms in total. The Labute approximate surface area is 124 Å². The van der Waals surface area contributed by atoms with Crippen LogP contribution in [0.1, 0.15) is 32.3 Å². The van der Waals surface area contributed by atoms with Crippen LogP contribution in [0.2, 0.25) is 0 Å². The van der Waals surface area contributed by atoms with Crippen LogP contribution >= 0.6 is 0 Å². The van der Waals surface area contributed by atoms with Gasteiger partial charge in [-0.15, -0.1) is 0 Å². The second-order valence-electron chi connectivity index (χ2n) is 5.96. The Bertz CT molecular complexity index is 549. The van der Waals surface area contributed by atoms with Crippen molar-refractivity contribution >= 4 is 5.97 Å². The van der Waals surface area contributed by atoms with Gasteiger partial charge in [0.1, 0.15) is 18.3 Å². The lowest BCUT2D eigenvalue weighted by Crippen LogP contribution is -2.43. The maximum atomic E-state index is 11.5. The van der Waals surface area contributed by atoms with Crippen molar-refractivity contribution in [2.45, 2.75) is 50.8 Å². The molecule has 1 aliphatic heterocycles. The molecule has 0 bridgehead atoms. The summed E-state index contributed by atoms with van der Waals surface area (Å²) in [4.78, 5) is 11.5. The van der Waals surface area contributed by atoms with E-state index in [4.69, 9.17) is 14.2 Å². The van der Waals surface area contributed by atoms with E-state index in [0.29, 0.717) is 0 Å². The zero-order valence-electron chi connectivity index (χ0n) is 12.5. The van der Waals surface area contributed by atoms with Crippen LogP contribution in [0, 0.1) is 0 Å². The fraction of sp³-hybridized carbons (Fsp3) is 0.471. The van der Waals surface area contributed by atoms with Crippen molar-refractivity contribution in [3.63, 3.8) is 0 Å². The van der Waals surface area contributed by atoms with Gasteiger partial charge < -0.3 is 14.2 Å². The van der Waals surface area contributed by atoms with Gasteiger partial charge in [-0.2, -0.15) is 0 Å². The third-order valence-corrected chi connectivity index (χ3v) is 3.84. The summed E-state index contributed by atoms with van der Waals surface area (Å²) in [5.74, 6) is -0.985. The van der Waals surface area contributed by atoms with E-state index in [2.05, 4.69) is 6.08 Å². The van der Waals surface area contributed by atoms with Crippen molar-refractivity contribution in [2.75, 3.05) is 0 Å². The van der Waals surface area contributed by atoms with Crippen LogP contribution < -0.4 is 0 Å². The monoisotopic (exact) mass is 288 g/mol. The highest BCUT2D eigenvalue weighted by Gasteiger charge is 2.49. The van der Waals surface area contributed by atoms with Gasteiger partial charge >= 0.3 is 5.97 Å². The van der Waals surface area contributed by atoms with Crippen LogP contribution in [-0.4, -0.2) is 30.1 Å². The molecule has 21 heavy (non-hydrogen) atoms. The Balaban J connectivity index is 1.94. The smallest absolute Gasteiger partial charge is 0.303 e. The largest absolute Gasteiger partial charge is 0.459 e. The number of hydrogen-bond donors (Lipinski definition) is 0. The van der Waals surface area contributed by atoms with Crippen molar-refractivity contribution in [1.29, 1.82) is 0 Å². The summed E-state index contributed by atoms with van der Waals surface area (Å²) in [5, 5.41) is 0. The molecule has 0 N–H and O–H groups in total. The lowest BCUT2D eigenvalue weighted by Gasteiger charge is -2.33. The number of ether oxygens (including phenoxy) is 3. The number of fused-ring (bicyclic) bond motifs is 1. The van der Waals surface area contributed by atoms with Gasteiger partial charge in [0, 0.05) is 12.8 Å². The van der Waals surface area contributed by atoms with E-state index < -0.39 is 5.79 Å². The third-order valence-electron chi connectivity index (χ3n) is 3.84. The summed E-state index contributed by atoms with van der Waals surface area (Å²) in [5.41, 5.74) is 1.10. The van der Waals surface area contributed by atoms with Crippen molar-refractivity contribution in [3.05, 3.63) is 48.0 Å². The summed E-state index contributed by atoms with van der Waals surface area (Å²) < 4.78 is 17.4. The fourth-order valence-corrected chi connectivity index (χ4v) is 3.07. The minimum atomic E-state index is -0.663. The predicted molar refractivity (Wildman–Crippen MR) is 77.7 cm³/mol. The summed E-state index contributed by atoms with van der Waals surface area (Å²) in [6, 6.07) is 10.0. The van der Waals surface area contributed by atoms with E-state index in [9.17, 15) is 4.79 Å². The van der Waals surface area contributed by atoms with E-state index in [-0.39, 0.29) is 30.2 Å². The summed E-state index contributed by atoms with van der Waals surface area (Å²) >= 11 is 0.